The van der Waals surface area contributed by atoms with Gasteiger partial charge in [-0.1, -0.05) is 133 Å². The summed E-state index contributed by atoms with van der Waals surface area (Å²) in [5.74, 6) is 0. The van der Waals surface area contributed by atoms with Gasteiger partial charge in [0.05, 0.1) is 27.8 Å². The predicted octanol–water partition coefficient (Wildman–Crippen LogP) is 13.1. The molecule has 0 bridgehead atoms. The minimum atomic E-state index is 1.16. The number of fused-ring (bicyclic) bond motifs is 11. The monoisotopic (exact) mass is 640 g/mol. The first kappa shape index (κ1) is 26.9. The van der Waals surface area contributed by atoms with E-state index in [-0.39, 0.29) is 0 Å². The molecule has 0 aliphatic heterocycles. The third kappa shape index (κ3) is 3.71. The van der Waals surface area contributed by atoms with Gasteiger partial charge in [-0.2, -0.15) is 0 Å². The first-order chi connectivity index (χ1) is 24.3. The summed E-state index contributed by atoms with van der Waals surface area (Å²) in [5, 5.41) is 10.2. The Morgan fingerprint density at radius 2 is 0.898 bits per heavy atom. The molecule has 49 heavy (non-hydrogen) atoms. The van der Waals surface area contributed by atoms with Crippen molar-refractivity contribution in [1.82, 2.24) is 9.13 Å². The maximum Gasteiger partial charge on any atom is 0.0789 e. The minimum absolute atomic E-state index is 1.16. The van der Waals surface area contributed by atoms with Crippen LogP contribution in [-0.4, -0.2) is 9.13 Å². The van der Waals surface area contributed by atoms with Gasteiger partial charge < -0.3 is 9.13 Å². The van der Waals surface area contributed by atoms with Crippen LogP contribution in [0, 0.1) is 0 Å². The van der Waals surface area contributed by atoms with Gasteiger partial charge in [-0.15, -0.1) is 11.3 Å². The molecule has 0 radical (unpaired) electrons. The Balaban J connectivity index is 1.29. The lowest BCUT2D eigenvalue weighted by Gasteiger charge is -2.16. The van der Waals surface area contributed by atoms with Crippen LogP contribution in [-0.2, 0) is 0 Å². The summed E-state index contributed by atoms with van der Waals surface area (Å²) in [7, 11) is 0. The number of benzene rings is 8. The van der Waals surface area contributed by atoms with E-state index in [9.17, 15) is 0 Å². The van der Waals surface area contributed by atoms with Crippen molar-refractivity contribution in [3.05, 3.63) is 170 Å². The van der Waals surface area contributed by atoms with E-state index in [1.165, 1.54) is 91.4 Å². The van der Waals surface area contributed by atoms with Crippen LogP contribution in [0.15, 0.2) is 170 Å². The molecule has 0 unspecified atom stereocenters. The number of thiophene rings is 1. The molecular formula is C46H28N2S. The summed E-state index contributed by atoms with van der Waals surface area (Å²) in [4.78, 5) is 0. The van der Waals surface area contributed by atoms with Gasteiger partial charge in [-0.05, 0) is 47.3 Å². The average Bonchev–Trinajstić information content (AvgIpc) is 3.83. The molecular weight excluding hydrogens is 613 g/mol. The highest BCUT2D eigenvalue weighted by Crippen LogP contribution is 2.45. The van der Waals surface area contributed by atoms with Gasteiger partial charge >= 0.3 is 0 Å². The second-order valence-electron chi connectivity index (χ2n) is 12.9. The fraction of sp³-hybridized carbons (Fsp3) is 0. The third-order valence-electron chi connectivity index (χ3n) is 10.3. The molecule has 3 heterocycles. The minimum Gasteiger partial charge on any atom is -0.307 e. The lowest BCUT2D eigenvalue weighted by atomic mass is 9.95. The summed E-state index contributed by atoms with van der Waals surface area (Å²) in [6, 6.07) is 62.3. The zero-order valence-corrected chi connectivity index (χ0v) is 27.3. The molecule has 0 amide bonds. The second kappa shape index (κ2) is 10.2. The zero-order valence-electron chi connectivity index (χ0n) is 26.5. The second-order valence-corrected chi connectivity index (χ2v) is 13.9. The quantitative estimate of drug-likeness (QED) is 0.182. The smallest absolute Gasteiger partial charge is 0.0789 e. The Kier molecular flexibility index (Phi) is 5.57. The molecule has 8 aromatic carbocycles. The first-order valence-corrected chi connectivity index (χ1v) is 17.6. The molecule has 0 saturated heterocycles. The van der Waals surface area contributed by atoms with E-state index < -0.39 is 0 Å². The predicted molar refractivity (Wildman–Crippen MR) is 211 cm³/mol. The van der Waals surface area contributed by atoms with E-state index in [4.69, 9.17) is 0 Å². The molecule has 11 rings (SSSR count). The van der Waals surface area contributed by atoms with Crippen molar-refractivity contribution in [1.29, 1.82) is 0 Å². The van der Waals surface area contributed by atoms with Crippen LogP contribution < -0.4 is 0 Å². The van der Waals surface area contributed by atoms with Crippen LogP contribution in [0.5, 0.6) is 0 Å². The van der Waals surface area contributed by atoms with Gasteiger partial charge in [-0.25, -0.2) is 0 Å². The summed E-state index contributed by atoms with van der Waals surface area (Å²) in [6.45, 7) is 0. The standard InChI is InChI=1S/C46H28N2S/c1-2-13-29(14-3-1)47-40-22-9-6-17-33(40)36-25-26-37-34-18-7-10-23-41(34)48(45(37)44(36)47)42-28-27-31(30-15-4-5-16-32(30)42)38-20-12-21-39-35-19-8-11-24-43(35)49-46(38)39/h1-28H. The van der Waals surface area contributed by atoms with E-state index >= 15 is 0 Å². The highest BCUT2D eigenvalue weighted by Gasteiger charge is 2.22. The van der Waals surface area contributed by atoms with Crippen LogP contribution in [0.1, 0.15) is 0 Å². The van der Waals surface area contributed by atoms with Crippen LogP contribution in [0.2, 0.25) is 0 Å². The normalized spacial score (nSPS) is 12.1. The maximum atomic E-state index is 2.53. The summed E-state index contributed by atoms with van der Waals surface area (Å²) in [5.41, 5.74) is 9.77. The van der Waals surface area contributed by atoms with Crippen LogP contribution in [0.3, 0.4) is 0 Å². The van der Waals surface area contributed by atoms with Crippen molar-refractivity contribution in [2.75, 3.05) is 0 Å². The fourth-order valence-electron chi connectivity index (χ4n) is 8.27. The van der Waals surface area contributed by atoms with E-state index in [2.05, 4.69) is 179 Å². The van der Waals surface area contributed by atoms with Crippen LogP contribution in [0.4, 0.5) is 0 Å². The first-order valence-electron chi connectivity index (χ1n) is 16.8. The van der Waals surface area contributed by atoms with Crippen molar-refractivity contribution in [2.24, 2.45) is 0 Å². The van der Waals surface area contributed by atoms with Crippen LogP contribution >= 0.6 is 11.3 Å². The Labute approximate surface area is 286 Å². The number of nitrogens with zero attached hydrogens (tertiary/aromatic N) is 2. The largest absolute Gasteiger partial charge is 0.307 e. The van der Waals surface area contributed by atoms with Crippen LogP contribution in [0.25, 0.3) is 97.1 Å². The maximum absolute atomic E-state index is 2.53. The lowest BCUT2D eigenvalue weighted by molar-refractivity contribution is 1.16. The van der Waals surface area contributed by atoms with E-state index in [0.717, 1.165) is 5.69 Å². The molecule has 3 heteroatoms. The zero-order chi connectivity index (χ0) is 32.1. The van der Waals surface area contributed by atoms with Crippen molar-refractivity contribution >= 4 is 85.9 Å². The SMILES string of the molecule is c1ccc(-n2c3ccccc3c3ccc4c5ccccc5n(-c5ccc(-c6cccc7c6sc6ccccc67)c6ccccc56)c4c32)cc1. The lowest BCUT2D eigenvalue weighted by Crippen LogP contribution is -1.99. The van der Waals surface area contributed by atoms with Gasteiger partial charge in [0.25, 0.3) is 0 Å². The van der Waals surface area contributed by atoms with Crippen molar-refractivity contribution in [3.63, 3.8) is 0 Å². The van der Waals surface area contributed by atoms with Crippen molar-refractivity contribution in [3.8, 4) is 22.5 Å². The highest BCUT2D eigenvalue weighted by molar-refractivity contribution is 7.26. The molecule has 2 nitrogen and oxygen atoms in total. The Morgan fingerprint density at radius 3 is 1.65 bits per heavy atom. The van der Waals surface area contributed by atoms with Gasteiger partial charge in [0.15, 0.2) is 0 Å². The number of hydrogen-bond acceptors (Lipinski definition) is 1. The van der Waals surface area contributed by atoms with E-state index in [1.807, 2.05) is 11.3 Å². The third-order valence-corrected chi connectivity index (χ3v) is 11.5. The average molecular weight is 641 g/mol. The highest BCUT2D eigenvalue weighted by atomic mass is 32.1. The summed E-state index contributed by atoms with van der Waals surface area (Å²) in [6.07, 6.45) is 0. The molecule has 0 N–H and O–H groups in total. The summed E-state index contributed by atoms with van der Waals surface area (Å²) >= 11 is 1.89. The molecule has 0 atom stereocenters. The van der Waals surface area contributed by atoms with Gasteiger partial charge in [-0.3, -0.25) is 0 Å². The number of aromatic nitrogens is 2. The molecule has 0 saturated carbocycles. The van der Waals surface area contributed by atoms with Crippen molar-refractivity contribution < 1.29 is 0 Å². The fourth-order valence-corrected chi connectivity index (χ4v) is 9.50. The van der Waals surface area contributed by atoms with Crippen molar-refractivity contribution in [2.45, 2.75) is 0 Å². The van der Waals surface area contributed by atoms with E-state index in [0.29, 0.717) is 0 Å². The van der Waals surface area contributed by atoms with Gasteiger partial charge in [0.1, 0.15) is 0 Å². The Hall–Kier alpha value is -6.16. The number of hydrogen-bond donors (Lipinski definition) is 0. The molecule has 0 spiro atoms. The van der Waals surface area contributed by atoms with Gasteiger partial charge in [0, 0.05) is 58.4 Å². The number of para-hydroxylation sites is 3. The molecule has 0 fully saturated rings. The molecule has 228 valence electrons. The molecule has 3 aromatic heterocycles. The van der Waals surface area contributed by atoms with E-state index in [1.54, 1.807) is 0 Å². The Morgan fingerprint density at radius 1 is 0.327 bits per heavy atom. The number of rotatable bonds is 3. The summed E-state index contributed by atoms with van der Waals surface area (Å²) < 4.78 is 7.65. The molecule has 0 aliphatic rings. The Bertz CT molecular complexity index is 3100. The molecule has 0 aliphatic carbocycles. The van der Waals surface area contributed by atoms with Gasteiger partial charge in [0.2, 0.25) is 0 Å². The topological polar surface area (TPSA) is 9.86 Å². The molecule has 11 aromatic rings.